The summed E-state index contributed by atoms with van der Waals surface area (Å²) in [5.74, 6) is 1.24. The van der Waals surface area contributed by atoms with Crippen LogP contribution >= 0.6 is 0 Å². The molecule has 0 aliphatic carbocycles. The summed E-state index contributed by atoms with van der Waals surface area (Å²) in [5, 5.41) is 1.03. The third-order valence-electron chi connectivity index (χ3n) is 3.62. The molecule has 3 aromatic heterocycles. The molecule has 112 valence electrons. The van der Waals surface area contributed by atoms with Crippen LogP contribution < -0.4 is 10.5 Å². The number of aromatic nitrogens is 3. The SMILES string of the molecule is Nc1ccc(Oc2ncccc2-c2ccnc3[nH]ccc23)cc1. The van der Waals surface area contributed by atoms with Gasteiger partial charge in [-0.2, -0.15) is 0 Å². The molecular formula is C18H14N4O. The van der Waals surface area contributed by atoms with E-state index in [9.17, 15) is 0 Å². The lowest BCUT2D eigenvalue weighted by Crippen LogP contribution is -1.92. The maximum Gasteiger partial charge on any atom is 0.227 e. The van der Waals surface area contributed by atoms with Gasteiger partial charge < -0.3 is 15.5 Å². The van der Waals surface area contributed by atoms with Gasteiger partial charge in [0.15, 0.2) is 0 Å². The summed E-state index contributed by atoms with van der Waals surface area (Å²) in [6.45, 7) is 0. The summed E-state index contributed by atoms with van der Waals surface area (Å²) in [5.41, 5.74) is 9.18. The van der Waals surface area contributed by atoms with E-state index in [1.807, 2.05) is 42.6 Å². The maximum atomic E-state index is 5.95. The Hall–Kier alpha value is -3.34. The Morgan fingerprint density at radius 3 is 2.61 bits per heavy atom. The number of nitrogen functional groups attached to an aromatic ring is 1. The molecule has 5 heteroatoms. The Morgan fingerprint density at radius 2 is 1.74 bits per heavy atom. The fourth-order valence-electron chi connectivity index (χ4n) is 2.52. The van der Waals surface area contributed by atoms with E-state index in [0.717, 1.165) is 22.2 Å². The van der Waals surface area contributed by atoms with E-state index in [0.29, 0.717) is 17.3 Å². The number of benzene rings is 1. The van der Waals surface area contributed by atoms with Crippen molar-refractivity contribution in [3.8, 4) is 22.8 Å². The van der Waals surface area contributed by atoms with Gasteiger partial charge in [-0.25, -0.2) is 9.97 Å². The average molecular weight is 302 g/mol. The van der Waals surface area contributed by atoms with Crippen LogP contribution in [0.2, 0.25) is 0 Å². The Morgan fingerprint density at radius 1 is 0.870 bits per heavy atom. The molecule has 5 nitrogen and oxygen atoms in total. The van der Waals surface area contributed by atoms with Crippen LogP contribution in [-0.2, 0) is 0 Å². The number of ether oxygens (including phenoxy) is 1. The minimum Gasteiger partial charge on any atom is -0.438 e. The van der Waals surface area contributed by atoms with Gasteiger partial charge in [0.25, 0.3) is 0 Å². The molecule has 0 atom stereocenters. The van der Waals surface area contributed by atoms with Crippen molar-refractivity contribution in [1.29, 1.82) is 0 Å². The third-order valence-corrected chi connectivity index (χ3v) is 3.62. The minimum atomic E-state index is 0.547. The maximum absolute atomic E-state index is 5.95. The molecule has 0 spiro atoms. The lowest BCUT2D eigenvalue weighted by atomic mass is 10.1. The van der Waals surface area contributed by atoms with Crippen LogP contribution in [0.1, 0.15) is 0 Å². The molecular weight excluding hydrogens is 288 g/mol. The first-order valence-electron chi connectivity index (χ1n) is 7.22. The molecule has 3 heterocycles. The summed E-state index contributed by atoms with van der Waals surface area (Å²) >= 11 is 0. The Balaban J connectivity index is 1.81. The van der Waals surface area contributed by atoms with Gasteiger partial charge in [-0.1, -0.05) is 0 Å². The van der Waals surface area contributed by atoms with Crippen molar-refractivity contribution in [2.45, 2.75) is 0 Å². The predicted octanol–water partition coefficient (Wildman–Crippen LogP) is 4.00. The van der Waals surface area contributed by atoms with E-state index < -0.39 is 0 Å². The molecule has 0 aliphatic heterocycles. The second-order valence-electron chi connectivity index (χ2n) is 5.13. The number of pyridine rings is 2. The minimum absolute atomic E-state index is 0.547. The van der Waals surface area contributed by atoms with Crippen molar-refractivity contribution in [2.75, 3.05) is 5.73 Å². The molecule has 0 bridgehead atoms. The number of nitrogens with one attached hydrogen (secondary N) is 1. The van der Waals surface area contributed by atoms with Crippen molar-refractivity contribution in [3.63, 3.8) is 0 Å². The quantitative estimate of drug-likeness (QED) is 0.561. The van der Waals surface area contributed by atoms with Crippen molar-refractivity contribution >= 4 is 16.7 Å². The molecule has 0 unspecified atom stereocenters. The number of hydrogen-bond acceptors (Lipinski definition) is 4. The molecule has 0 aliphatic rings. The molecule has 0 saturated heterocycles. The second kappa shape index (κ2) is 5.46. The molecule has 0 saturated carbocycles. The fraction of sp³-hybridized carbons (Fsp3) is 0. The standard InChI is InChI=1S/C18H14N4O/c19-12-3-5-13(6-4-12)23-18-16(2-1-9-22-18)14-7-10-20-17-15(14)8-11-21-17/h1-11H,19H2,(H,20,21). The van der Waals surface area contributed by atoms with Gasteiger partial charge in [-0.15, -0.1) is 0 Å². The summed E-state index contributed by atoms with van der Waals surface area (Å²) < 4.78 is 5.95. The molecule has 4 aromatic rings. The number of aromatic amines is 1. The largest absolute Gasteiger partial charge is 0.438 e. The zero-order chi connectivity index (χ0) is 15.6. The fourth-order valence-corrected chi connectivity index (χ4v) is 2.52. The molecule has 3 N–H and O–H groups in total. The van der Waals surface area contributed by atoms with Crippen molar-refractivity contribution in [3.05, 3.63) is 67.1 Å². The number of nitrogens with two attached hydrogens (primary N) is 1. The first-order chi connectivity index (χ1) is 11.3. The van der Waals surface area contributed by atoms with Gasteiger partial charge in [0, 0.05) is 35.2 Å². The van der Waals surface area contributed by atoms with Crippen LogP contribution in [0.25, 0.3) is 22.2 Å². The number of anilines is 1. The zero-order valence-electron chi connectivity index (χ0n) is 12.2. The lowest BCUT2D eigenvalue weighted by Gasteiger charge is -2.11. The van der Waals surface area contributed by atoms with Crippen LogP contribution in [0.3, 0.4) is 0 Å². The Kier molecular flexibility index (Phi) is 3.16. The topological polar surface area (TPSA) is 76.8 Å². The number of fused-ring (bicyclic) bond motifs is 1. The van der Waals surface area contributed by atoms with Crippen LogP contribution in [0, 0.1) is 0 Å². The van der Waals surface area contributed by atoms with Crippen LogP contribution in [-0.4, -0.2) is 15.0 Å². The summed E-state index contributed by atoms with van der Waals surface area (Å²) in [6, 6.07) is 15.1. The van der Waals surface area contributed by atoms with Gasteiger partial charge >= 0.3 is 0 Å². The molecule has 0 fully saturated rings. The van der Waals surface area contributed by atoms with Crippen LogP contribution in [0.15, 0.2) is 67.1 Å². The third kappa shape index (κ3) is 2.48. The van der Waals surface area contributed by atoms with E-state index in [-0.39, 0.29) is 0 Å². The smallest absolute Gasteiger partial charge is 0.227 e. The van der Waals surface area contributed by atoms with Gasteiger partial charge in [-0.3, -0.25) is 0 Å². The molecule has 0 radical (unpaired) electrons. The highest BCUT2D eigenvalue weighted by Gasteiger charge is 2.12. The van der Waals surface area contributed by atoms with Crippen molar-refractivity contribution < 1.29 is 4.74 Å². The zero-order valence-corrected chi connectivity index (χ0v) is 12.2. The molecule has 1 aromatic carbocycles. The number of rotatable bonds is 3. The molecule has 4 rings (SSSR count). The van der Waals surface area contributed by atoms with Crippen LogP contribution in [0.5, 0.6) is 11.6 Å². The van der Waals surface area contributed by atoms with Gasteiger partial charge in [0.05, 0.1) is 0 Å². The normalized spacial score (nSPS) is 10.8. The highest BCUT2D eigenvalue weighted by atomic mass is 16.5. The van der Waals surface area contributed by atoms with Gasteiger partial charge in [0.2, 0.25) is 5.88 Å². The van der Waals surface area contributed by atoms with Gasteiger partial charge in [0.1, 0.15) is 11.4 Å². The monoisotopic (exact) mass is 302 g/mol. The summed E-state index contributed by atoms with van der Waals surface area (Å²) in [6.07, 6.45) is 5.36. The second-order valence-corrected chi connectivity index (χ2v) is 5.13. The highest BCUT2D eigenvalue weighted by Crippen LogP contribution is 2.34. The number of nitrogens with zero attached hydrogens (tertiary/aromatic N) is 2. The number of H-pyrrole nitrogens is 1. The first-order valence-corrected chi connectivity index (χ1v) is 7.22. The van der Waals surface area contributed by atoms with Crippen molar-refractivity contribution in [1.82, 2.24) is 15.0 Å². The van der Waals surface area contributed by atoms with E-state index in [1.165, 1.54) is 0 Å². The first kappa shape index (κ1) is 13.3. The predicted molar refractivity (Wildman–Crippen MR) is 90.3 cm³/mol. The Labute approximate surface area is 132 Å². The van der Waals surface area contributed by atoms with Crippen LogP contribution in [0.4, 0.5) is 5.69 Å². The summed E-state index contributed by atoms with van der Waals surface area (Å²) in [4.78, 5) is 11.8. The van der Waals surface area contributed by atoms with E-state index in [2.05, 4.69) is 15.0 Å². The summed E-state index contributed by atoms with van der Waals surface area (Å²) in [7, 11) is 0. The highest BCUT2D eigenvalue weighted by molar-refractivity contribution is 5.94. The average Bonchev–Trinajstić information content (AvgIpc) is 3.06. The van der Waals surface area contributed by atoms with E-state index >= 15 is 0 Å². The Bertz CT molecular complexity index is 960. The van der Waals surface area contributed by atoms with Crippen molar-refractivity contribution in [2.24, 2.45) is 0 Å². The lowest BCUT2D eigenvalue weighted by molar-refractivity contribution is 0.465. The van der Waals surface area contributed by atoms with E-state index in [1.54, 1.807) is 24.5 Å². The van der Waals surface area contributed by atoms with E-state index in [4.69, 9.17) is 10.5 Å². The van der Waals surface area contributed by atoms with Gasteiger partial charge in [-0.05, 0) is 54.1 Å². The molecule has 0 amide bonds. The number of hydrogen-bond donors (Lipinski definition) is 2. The molecule has 23 heavy (non-hydrogen) atoms.